The zero-order chi connectivity index (χ0) is 17.9. The van der Waals surface area contributed by atoms with Crippen LogP contribution in [0.25, 0.3) is 10.8 Å². The molecule has 128 valence electrons. The van der Waals surface area contributed by atoms with Crippen molar-refractivity contribution >= 4 is 26.6 Å². The Morgan fingerprint density at radius 3 is 2.28 bits per heavy atom. The van der Waals surface area contributed by atoms with E-state index in [1.165, 1.54) is 12.1 Å². The van der Waals surface area contributed by atoms with Gasteiger partial charge in [0.05, 0.1) is 11.5 Å². The highest BCUT2D eigenvalue weighted by molar-refractivity contribution is 7.92. The van der Waals surface area contributed by atoms with Crippen LogP contribution in [-0.4, -0.2) is 21.0 Å². The van der Waals surface area contributed by atoms with E-state index in [2.05, 4.69) is 0 Å². The van der Waals surface area contributed by atoms with E-state index >= 15 is 0 Å². The van der Waals surface area contributed by atoms with Crippen LogP contribution in [-0.2, 0) is 19.4 Å². The topological polar surface area (TPSA) is 60.4 Å². The lowest BCUT2D eigenvalue weighted by molar-refractivity contribution is -0.142. The molecule has 0 bridgehead atoms. The van der Waals surface area contributed by atoms with Crippen LogP contribution in [0.1, 0.15) is 17.7 Å². The monoisotopic (exact) mass is 354 g/mol. The maximum absolute atomic E-state index is 13.2. The minimum absolute atomic E-state index is 0.0981. The second-order valence-electron chi connectivity index (χ2n) is 5.56. The Balaban J connectivity index is 2.24. The van der Waals surface area contributed by atoms with Gasteiger partial charge in [0.15, 0.2) is 15.1 Å². The van der Waals surface area contributed by atoms with Crippen molar-refractivity contribution in [2.75, 3.05) is 6.61 Å². The Morgan fingerprint density at radius 2 is 1.56 bits per heavy atom. The summed E-state index contributed by atoms with van der Waals surface area (Å²) in [6.45, 7) is 1.78. The molecule has 0 amide bonds. The van der Waals surface area contributed by atoms with Crippen molar-refractivity contribution in [3.63, 3.8) is 0 Å². The zero-order valence-electron chi connectivity index (χ0n) is 13.8. The second kappa shape index (κ2) is 7.07. The molecule has 1 unspecified atom stereocenters. The van der Waals surface area contributed by atoms with Crippen LogP contribution in [0, 0.1) is 0 Å². The number of hydrogen-bond donors (Lipinski definition) is 0. The molecule has 0 aliphatic heterocycles. The number of carbonyl (C=O) groups excluding carboxylic acids is 1. The number of ether oxygens (including phenoxy) is 1. The highest BCUT2D eigenvalue weighted by Crippen LogP contribution is 2.34. The molecule has 5 heteroatoms. The van der Waals surface area contributed by atoms with Gasteiger partial charge in [0, 0.05) is 0 Å². The standard InChI is InChI=1S/C20H18O4S/c1-2-24-20(21)19(25(22,23)16-11-4-3-5-12-16)18-14-8-10-15-9-6-7-13-17(15)18/h3-14,19H,2H2,1H3. The van der Waals surface area contributed by atoms with Gasteiger partial charge in [-0.3, -0.25) is 4.79 Å². The largest absolute Gasteiger partial charge is 0.465 e. The van der Waals surface area contributed by atoms with Crippen molar-refractivity contribution in [2.24, 2.45) is 0 Å². The van der Waals surface area contributed by atoms with Gasteiger partial charge >= 0.3 is 5.97 Å². The Bertz CT molecular complexity index is 989. The number of hydrogen-bond acceptors (Lipinski definition) is 4. The van der Waals surface area contributed by atoms with E-state index < -0.39 is 21.1 Å². The molecule has 0 fully saturated rings. The minimum Gasteiger partial charge on any atom is -0.465 e. The molecule has 0 saturated heterocycles. The molecule has 25 heavy (non-hydrogen) atoms. The number of fused-ring (bicyclic) bond motifs is 1. The van der Waals surface area contributed by atoms with E-state index in [-0.39, 0.29) is 11.5 Å². The van der Waals surface area contributed by atoms with Crippen LogP contribution in [0.15, 0.2) is 77.7 Å². The van der Waals surface area contributed by atoms with Crippen LogP contribution in [0.5, 0.6) is 0 Å². The number of benzene rings is 3. The maximum Gasteiger partial charge on any atom is 0.329 e. The second-order valence-corrected chi connectivity index (χ2v) is 7.59. The van der Waals surface area contributed by atoms with Gasteiger partial charge in [-0.2, -0.15) is 0 Å². The van der Waals surface area contributed by atoms with Crippen LogP contribution >= 0.6 is 0 Å². The van der Waals surface area contributed by atoms with Crippen LogP contribution in [0.2, 0.25) is 0 Å². The highest BCUT2D eigenvalue weighted by atomic mass is 32.2. The van der Waals surface area contributed by atoms with Crippen LogP contribution in [0.4, 0.5) is 0 Å². The first-order chi connectivity index (χ1) is 12.1. The van der Waals surface area contributed by atoms with Gasteiger partial charge in [-0.1, -0.05) is 60.7 Å². The molecule has 3 rings (SSSR count). The molecule has 3 aromatic rings. The lowest BCUT2D eigenvalue weighted by atomic mass is 10.0. The van der Waals surface area contributed by atoms with Gasteiger partial charge in [-0.25, -0.2) is 8.42 Å². The lowest BCUT2D eigenvalue weighted by Gasteiger charge is -2.18. The summed E-state index contributed by atoms with van der Waals surface area (Å²) in [7, 11) is -3.94. The van der Waals surface area contributed by atoms with Gasteiger partial charge in [-0.15, -0.1) is 0 Å². The van der Waals surface area contributed by atoms with E-state index in [1.807, 2.05) is 30.3 Å². The van der Waals surface area contributed by atoms with Gasteiger partial charge < -0.3 is 4.74 Å². The summed E-state index contributed by atoms with van der Waals surface area (Å²) >= 11 is 0. The van der Waals surface area contributed by atoms with Crippen LogP contribution in [0.3, 0.4) is 0 Å². The predicted molar refractivity (Wildman–Crippen MR) is 96.9 cm³/mol. The quantitative estimate of drug-likeness (QED) is 0.652. The average molecular weight is 354 g/mol. The molecule has 0 radical (unpaired) electrons. The van der Waals surface area contributed by atoms with Gasteiger partial charge in [-0.05, 0) is 35.4 Å². The predicted octanol–water partition coefficient (Wildman–Crippen LogP) is 3.92. The van der Waals surface area contributed by atoms with Crippen molar-refractivity contribution in [1.29, 1.82) is 0 Å². The first-order valence-corrected chi connectivity index (χ1v) is 9.53. The number of carbonyl (C=O) groups is 1. The summed E-state index contributed by atoms with van der Waals surface area (Å²) in [6, 6.07) is 20.7. The third-order valence-electron chi connectivity index (χ3n) is 3.99. The summed E-state index contributed by atoms with van der Waals surface area (Å²) in [4.78, 5) is 12.7. The summed E-state index contributed by atoms with van der Waals surface area (Å²) in [5.41, 5.74) is 0.431. The molecule has 0 aliphatic carbocycles. The third kappa shape index (κ3) is 3.28. The lowest BCUT2D eigenvalue weighted by Crippen LogP contribution is -2.25. The number of esters is 1. The fraction of sp³-hybridized carbons (Fsp3) is 0.150. The van der Waals surface area contributed by atoms with E-state index in [4.69, 9.17) is 4.74 Å². The fourth-order valence-corrected chi connectivity index (χ4v) is 4.53. The first-order valence-electron chi connectivity index (χ1n) is 7.99. The molecule has 0 aliphatic rings. The smallest absolute Gasteiger partial charge is 0.329 e. The Kier molecular flexibility index (Phi) is 4.86. The van der Waals surface area contributed by atoms with E-state index in [0.717, 1.165) is 10.8 Å². The minimum atomic E-state index is -3.94. The average Bonchev–Trinajstić information content (AvgIpc) is 2.63. The molecule has 0 saturated carbocycles. The normalized spacial score (nSPS) is 12.7. The fourth-order valence-electron chi connectivity index (χ4n) is 2.86. The van der Waals surface area contributed by atoms with E-state index in [1.54, 1.807) is 37.3 Å². The Morgan fingerprint density at radius 1 is 0.920 bits per heavy atom. The molecule has 3 aromatic carbocycles. The van der Waals surface area contributed by atoms with Crippen molar-refractivity contribution < 1.29 is 17.9 Å². The van der Waals surface area contributed by atoms with Gasteiger partial charge in [0.25, 0.3) is 0 Å². The summed E-state index contributed by atoms with van der Waals surface area (Å²) in [5, 5.41) is 0.195. The van der Waals surface area contributed by atoms with Gasteiger partial charge in [0.1, 0.15) is 0 Å². The molecule has 0 heterocycles. The SMILES string of the molecule is CCOC(=O)C(c1cccc2ccccc12)S(=O)(=O)c1ccccc1. The Hall–Kier alpha value is -2.66. The summed E-state index contributed by atoms with van der Waals surface area (Å²) < 4.78 is 31.5. The molecule has 0 spiro atoms. The molecule has 4 nitrogen and oxygen atoms in total. The van der Waals surface area contributed by atoms with E-state index in [0.29, 0.717) is 5.56 Å². The molecular formula is C20H18O4S. The first kappa shape index (κ1) is 17.2. The van der Waals surface area contributed by atoms with Gasteiger partial charge in [0.2, 0.25) is 0 Å². The maximum atomic E-state index is 13.2. The molecular weight excluding hydrogens is 336 g/mol. The van der Waals surface area contributed by atoms with Crippen molar-refractivity contribution in [3.8, 4) is 0 Å². The van der Waals surface area contributed by atoms with Crippen molar-refractivity contribution in [2.45, 2.75) is 17.1 Å². The van der Waals surface area contributed by atoms with Crippen molar-refractivity contribution in [3.05, 3.63) is 78.4 Å². The van der Waals surface area contributed by atoms with Crippen LogP contribution < -0.4 is 0 Å². The molecule has 1 atom stereocenters. The Labute approximate surface area is 147 Å². The third-order valence-corrected chi connectivity index (χ3v) is 5.98. The number of rotatable bonds is 5. The van der Waals surface area contributed by atoms with Crippen molar-refractivity contribution in [1.82, 2.24) is 0 Å². The number of sulfone groups is 1. The summed E-state index contributed by atoms with van der Waals surface area (Å²) in [5.74, 6) is -0.761. The molecule has 0 N–H and O–H groups in total. The molecule has 0 aromatic heterocycles. The zero-order valence-corrected chi connectivity index (χ0v) is 14.6. The summed E-state index contributed by atoms with van der Waals surface area (Å²) in [6.07, 6.45) is 0. The van der Waals surface area contributed by atoms with E-state index in [9.17, 15) is 13.2 Å². The highest BCUT2D eigenvalue weighted by Gasteiger charge is 2.37.